The van der Waals surface area contributed by atoms with Crippen molar-refractivity contribution in [3.63, 3.8) is 0 Å². The lowest BCUT2D eigenvalue weighted by atomic mass is 10.1. The van der Waals surface area contributed by atoms with Crippen LogP contribution in [0.5, 0.6) is 0 Å². The van der Waals surface area contributed by atoms with E-state index in [-0.39, 0.29) is 0 Å². The van der Waals surface area contributed by atoms with Gasteiger partial charge >= 0.3 is 0 Å². The van der Waals surface area contributed by atoms with Crippen LogP contribution in [-0.2, 0) is 6.42 Å². The van der Waals surface area contributed by atoms with Crippen molar-refractivity contribution in [3.05, 3.63) is 78.8 Å². The van der Waals surface area contributed by atoms with Crippen molar-refractivity contribution in [2.45, 2.75) is 6.42 Å². The Labute approximate surface area is 140 Å². The zero-order chi connectivity index (χ0) is 16.2. The van der Waals surface area contributed by atoms with E-state index in [4.69, 9.17) is 0 Å². The van der Waals surface area contributed by atoms with Gasteiger partial charge in [0.25, 0.3) is 0 Å². The molecule has 2 heterocycles. The summed E-state index contributed by atoms with van der Waals surface area (Å²) in [5, 5.41) is 3.29. The third kappa shape index (κ3) is 2.96. The zero-order valence-electron chi connectivity index (χ0n) is 13.1. The van der Waals surface area contributed by atoms with Gasteiger partial charge in [0.2, 0.25) is 5.95 Å². The van der Waals surface area contributed by atoms with E-state index in [1.54, 1.807) is 12.5 Å². The molecule has 118 valence electrons. The summed E-state index contributed by atoms with van der Waals surface area (Å²) in [6.07, 6.45) is 4.49. The van der Waals surface area contributed by atoms with E-state index in [0.29, 0.717) is 5.95 Å². The van der Waals surface area contributed by atoms with Gasteiger partial charge in [0.05, 0.1) is 11.0 Å². The topological polar surface area (TPSA) is 55.6 Å². The maximum Gasteiger partial charge on any atom is 0.224 e. The Kier molecular flexibility index (Phi) is 3.90. The van der Waals surface area contributed by atoms with E-state index < -0.39 is 0 Å². The first-order valence-electron chi connectivity index (χ1n) is 7.93. The largest absolute Gasteiger partial charge is 0.354 e. The predicted octanol–water partition coefficient (Wildman–Crippen LogP) is 3.47. The number of benzene rings is 2. The van der Waals surface area contributed by atoms with Crippen molar-refractivity contribution < 1.29 is 0 Å². The van der Waals surface area contributed by atoms with Crippen LogP contribution in [0.1, 0.15) is 5.56 Å². The molecule has 5 heteroatoms. The van der Waals surface area contributed by atoms with Crippen molar-refractivity contribution in [1.29, 1.82) is 0 Å². The van der Waals surface area contributed by atoms with E-state index in [9.17, 15) is 0 Å². The van der Waals surface area contributed by atoms with Gasteiger partial charge in [0.1, 0.15) is 12.1 Å². The fourth-order valence-corrected chi connectivity index (χ4v) is 2.67. The number of rotatable bonds is 5. The molecule has 0 fully saturated rings. The van der Waals surface area contributed by atoms with Crippen molar-refractivity contribution in [2.75, 3.05) is 11.9 Å². The molecule has 2 aromatic carbocycles. The van der Waals surface area contributed by atoms with Gasteiger partial charge < -0.3 is 5.32 Å². The second-order valence-corrected chi connectivity index (χ2v) is 5.50. The number of para-hydroxylation sites is 2. The van der Waals surface area contributed by atoms with Crippen LogP contribution >= 0.6 is 0 Å². The minimum absolute atomic E-state index is 0.626. The monoisotopic (exact) mass is 315 g/mol. The lowest BCUT2D eigenvalue weighted by molar-refractivity contribution is 0.953. The molecule has 0 bridgehead atoms. The summed E-state index contributed by atoms with van der Waals surface area (Å²) in [5.41, 5.74) is 3.28. The first kappa shape index (κ1) is 14.4. The van der Waals surface area contributed by atoms with E-state index in [1.165, 1.54) is 5.56 Å². The van der Waals surface area contributed by atoms with Gasteiger partial charge in [-0.15, -0.1) is 0 Å². The van der Waals surface area contributed by atoms with Gasteiger partial charge in [-0.1, -0.05) is 42.5 Å². The van der Waals surface area contributed by atoms with Gasteiger partial charge in [0.15, 0.2) is 0 Å². The van der Waals surface area contributed by atoms with E-state index >= 15 is 0 Å². The van der Waals surface area contributed by atoms with Crippen LogP contribution in [0, 0.1) is 0 Å². The molecule has 0 aliphatic heterocycles. The lowest BCUT2D eigenvalue weighted by Gasteiger charge is -2.07. The maximum absolute atomic E-state index is 4.60. The summed E-state index contributed by atoms with van der Waals surface area (Å²) >= 11 is 0. The number of anilines is 1. The molecule has 0 unspecified atom stereocenters. The van der Waals surface area contributed by atoms with Crippen LogP contribution in [0.3, 0.4) is 0 Å². The zero-order valence-corrected chi connectivity index (χ0v) is 13.1. The molecule has 0 amide bonds. The normalized spacial score (nSPS) is 10.8. The smallest absolute Gasteiger partial charge is 0.224 e. The SMILES string of the molecule is c1ccc(CCNc2nccc(-n3cnc4ccccc43)n2)cc1. The Morgan fingerprint density at radius 1 is 0.875 bits per heavy atom. The first-order valence-corrected chi connectivity index (χ1v) is 7.93. The molecular formula is C19H17N5. The molecule has 0 aliphatic carbocycles. The molecule has 1 N–H and O–H groups in total. The number of hydrogen-bond donors (Lipinski definition) is 1. The second kappa shape index (κ2) is 6.50. The number of hydrogen-bond acceptors (Lipinski definition) is 4. The van der Waals surface area contributed by atoms with Gasteiger partial charge in [-0.25, -0.2) is 9.97 Å². The van der Waals surface area contributed by atoms with Crippen LogP contribution in [0.2, 0.25) is 0 Å². The van der Waals surface area contributed by atoms with Crippen molar-refractivity contribution in [1.82, 2.24) is 19.5 Å². The Hall–Kier alpha value is -3.21. The predicted molar refractivity (Wildman–Crippen MR) is 95.3 cm³/mol. The maximum atomic E-state index is 4.60. The molecule has 0 saturated carbocycles. The lowest BCUT2D eigenvalue weighted by Crippen LogP contribution is -2.09. The van der Waals surface area contributed by atoms with Crippen molar-refractivity contribution >= 4 is 17.0 Å². The molecule has 0 saturated heterocycles. The minimum atomic E-state index is 0.626. The van der Waals surface area contributed by atoms with Crippen molar-refractivity contribution in [2.24, 2.45) is 0 Å². The Morgan fingerprint density at radius 3 is 2.62 bits per heavy atom. The van der Waals surface area contributed by atoms with Gasteiger partial charge in [-0.05, 0) is 30.2 Å². The quantitative estimate of drug-likeness (QED) is 0.613. The minimum Gasteiger partial charge on any atom is -0.354 e. The summed E-state index contributed by atoms with van der Waals surface area (Å²) in [6.45, 7) is 0.790. The van der Waals surface area contributed by atoms with E-state index in [2.05, 4.69) is 44.5 Å². The Bertz CT molecular complexity index is 946. The van der Waals surface area contributed by atoms with Crippen LogP contribution < -0.4 is 5.32 Å². The molecule has 2 aromatic heterocycles. The van der Waals surface area contributed by atoms with Crippen LogP contribution in [0.25, 0.3) is 16.9 Å². The van der Waals surface area contributed by atoms with Gasteiger partial charge in [-0.3, -0.25) is 4.57 Å². The summed E-state index contributed by atoms with van der Waals surface area (Å²) in [5.74, 6) is 1.43. The highest BCUT2D eigenvalue weighted by Gasteiger charge is 2.06. The molecule has 24 heavy (non-hydrogen) atoms. The number of aromatic nitrogens is 4. The van der Waals surface area contributed by atoms with Crippen molar-refractivity contribution in [3.8, 4) is 5.82 Å². The van der Waals surface area contributed by atoms with E-state index in [1.807, 2.05) is 41.0 Å². The number of nitrogens with one attached hydrogen (secondary N) is 1. The highest BCUT2D eigenvalue weighted by atomic mass is 15.2. The third-order valence-corrected chi connectivity index (χ3v) is 3.88. The number of nitrogens with zero attached hydrogens (tertiary/aromatic N) is 4. The summed E-state index contributed by atoms with van der Waals surface area (Å²) < 4.78 is 1.97. The second-order valence-electron chi connectivity index (χ2n) is 5.50. The average molecular weight is 315 g/mol. The molecule has 0 spiro atoms. The highest BCUT2D eigenvalue weighted by molar-refractivity contribution is 5.76. The molecule has 4 aromatic rings. The molecule has 5 nitrogen and oxygen atoms in total. The van der Waals surface area contributed by atoms with Crippen LogP contribution in [0.4, 0.5) is 5.95 Å². The summed E-state index contributed by atoms with van der Waals surface area (Å²) in [6, 6.07) is 20.3. The molecule has 4 rings (SSSR count). The molecular weight excluding hydrogens is 298 g/mol. The first-order chi connectivity index (χ1) is 11.9. The Morgan fingerprint density at radius 2 is 1.71 bits per heavy atom. The number of imidazole rings is 1. The van der Waals surface area contributed by atoms with Crippen LogP contribution in [0.15, 0.2) is 73.2 Å². The standard InChI is InChI=1S/C19H17N5/c1-2-6-15(7-3-1)10-12-20-19-21-13-11-18(23-19)24-14-22-16-8-4-5-9-17(16)24/h1-9,11,13-14H,10,12H2,(H,20,21,23). The average Bonchev–Trinajstić information content (AvgIpc) is 3.07. The highest BCUT2D eigenvalue weighted by Crippen LogP contribution is 2.16. The molecule has 0 aliphatic rings. The van der Waals surface area contributed by atoms with E-state index in [0.717, 1.165) is 29.8 Å². The third-order valence-electron chi connectivity index (χ3n) is 3.88. The summed E-state index contributed by atoms with van der Waals surface area (Å²) in [4.78, 5) is 13.3. The van der Waals surface area contributed by atoms with Crippen LogP contribution in [-0.4, -0.2) is 26.1 Å². The van der Waals surface area contributed by atoms with Gasteiger partial charge in [-0.2, -0.15) is 4.98 Å². The number of fused-ring (bicyclic) bond motifs is 1. The molecule has 0 atom stereocenters. The fraction of sp³-hybridized carbons (Fsp3) is 0.105. The fourth-order valence-electron chi connectivity index (χ4n) is 2.67. The summed E-state index contributed by atoms with van der Waals surface area (Å²) in [7, 11) is 0. The molecule has 0 radical (unpaired) electrons. The van der Waals surface area contributed by atoms with Gasteiger partial charge in [0, 0.05) is 12.7 Å². The Balaban J connectivity index is 1.51.